The second kappa shape index (κ2) is 4.97. The van der Waals surface area contributed by atoms with Crippen molar-refractivity contribution >= 4 is 17.5 Å². The molecule has 0 saturated carbocycles. The van der Waals surface area contributed by atoms with E-state index in [2.05, 4.69) is 10.3 Å². The summed E-state index contributed by atoms with van der Waals surface area (Å²) in [5.41, 5.74) is 4.99. The fraction of sp³-hybridized carbons (Fsp3) is 0.500. The van der Waals surface area contributed by atoms with E-state index in [9.17, 15) is 4.79 Å². The molecule has 14 heavy (non-hydrogen) atoms. The minimum absolute atomic E-state index is 0.310. The molecule has 1 heterocycles. The second-order valence-electron chi connectivity index (χ2n) is 2.95. The molecule has 0 unspecified atom stereocenters. The number of nitrogens with one attached hydrogen (secondary N) is 1. The van der Waals surface area contributed by atoms with Gasteiger partial charge in [0.25, 0.3) is 0 Å². The molecule has 5 nitrogen and oxygen atoms in total. The highest BCUT2D eigenvalue weighted by Crippen LogP contribution is 2.08. The summed E-state index contributed by atoms with van der Waals surface area (Å²) in [5, 5.41) is 3.64. The van der Waals surface area contributed by atoms with Gasteiger partial charge in [0.2, 0.25) is 5.91 Å². The maximum atomic E-state index is 10.4. The van der Waals surface area contributed by atoms with Crippen molar-refractivity contribution in [2.45, 2.75) is 13.0 Å². The molecule has 0 radical (unpaired) electrons. The van der Waals surface area contributed by atoms with Crippen molar-refractivity contribution in [2.24, 2.45) is 12.8 Å². The summed E-state index contributed by atoms with van der Waals surface area (Å²) >= 11 is 5.79. The van der Waals surface area contributed by atoms with Crippen molar-refractivity contribution in [2.75, 3.05) is 6.54 Å². The normalized spacial score (nSPS) is 10.4. The average molecular weight is 217 g/mol. The highest BCUT2D eigenvalue weighted by molar-refractivity contribution is 6.29. The monoisotopic (exact) mass is 216 g/mol. The Balaban J connectivity index is 2.31. The Labute approximate surface area is 87.2 Å². The van der Waals surface area contributed by atoms with Crippen LogP contribution in [-0.2, 0) is 18.4 Å². The number of imidazole rings is 1. The summed E-state index contributed by atoms with van der Waals surface area (Å²) < 4.78 is 1.78. The van der Waals surface area contributed by atoms with E-state index in [4.69, 9.17) is 17.3 Å². The van der Waals surface area contributed by atoms with E-state index in [0.29, 0.717) is 24.7 Å². The second-order valence-corrected chi connectivity index (χ2v) is 3.34. The van der Waals surface area contributed by atoms with Gasteiger partial charge in [-0.05, 0) is 0 Å². The minimum atomic E-state index is -0.310. The maximum Gasteiger partial charge on any atom is 0.218 e. The van der Waals surface area contributed by atoms with Gasteiger partial charge in [-0.2, -0.15) is 0 Å². The van der Waals surface area contributed by atoms with Crippen molar-refractivity contribution < 1.29 is 4.79 Å². The lowest BCUT2D eigenvalue weighted by molar-refractivity contribution is -0.117. The summed E-state index contributed by atoms with van der Waals surface area (Å²) in [7, 11) is 1.83. The van der Waals surface area contributed by atoms with Crippen molar-refractivity contribution in [3.8, 4) is 0 Å². The first-order valence-corrected chi connectivity index (χ1v) is 4.64. The molecule has 0 spiro atoms. The smallest absolute Gasteiger partial charge is 0.218 e. The van der Waals surface area contributed by atoms with Crippen molar-refractivity contribution in [1.82, 2.24) is 14.9 Å². The number of aromatic nitrogens is 2. The largest absolute Gasteiger partial charge is 0.370 e. The number of nitrogens with zero attached hydrogens (tertiary/aromatic N) is 2. The van der Waals surface area contributed by atoms with Crippen LogP contribution in [0.5, 0.6) is 0 Å². The molecule has 6 heteroatoms. The number of nitrogens with two attached hydrogens (primary N) is 1. The van der Waals surface area contributed by atoms with Crippen LogP contribution < -0.4 is 11.1 Å². The molecule has 78 valence electrons. The molecule has 0 atom stereocenters. The molecule has 0 saturated heterocycles. The van der Waals surface area contributed by atoms with Gasteiger partial charge in [0.15, 0.2) is 0 Å². The van der Waals surface area contributed by atoms with E-state index in [1.54, 1.807) is 10.8 Å². The van der Waals surface area contributed by atoms with Crippen LogP contribution in [0.4, 0.5) is 0 Å². The highest BCUT2D eigenvalue weighted by atomic mass is 35.5. The summed E-state index contributed by atoms with van der Waals surface area (Å²) in [6.45, 7) is 1.14. The third-order valence-electron chi connectivity index (χ3n) is 1.86. The van der Waals surface area contributed by atoms with Crippen molar-refractivity contribution in [1.29, 1.82) is 0 Å². The van der Waals surface area contributed by atoms with Crippen LogP contribution in [0.1, 0.15) is 12.2 Å². The lowest BCUT2D eigenvalue weighted by Gasteiger charge is -2.03. The Morgan fingerprint density at radius 1 is 1.79 bits per heavy atom. The lowest BCUT2D eigenvalue weighted by atomic mass is 10.4. The molecule has 0 aliphatic heterocycles. The van der Waals surface area contributed by atoms with Crippen LogP contribution in [0.15, 0.2) is 6.20 Å². The first kappa shape index (κ1) is 11.0. The van der Waals surface area contributed by atoms with Crippen LogP contribution in [0.3, 0.4) is 0 Å². The van der Waals surface area contributed by atoms with Gasteiger partial charge < -0.3 is 15.6 Å². The molecule has 3 N–H and O–H groups in total. The molecule has 0 aliphatic carbocycles. The number of amides is 1. The number of rotatable bonds is 5. The molecular weight excluding hydrogens is 204 g/mol. The minimum Gasteiger partial charge on any atom is -0.370 e. The summed E-state index contributed by atoms with van der Waals surface area (Å²) in [6.07, 6.45) is 1.92. The van der Waals surface area contributed by atoms with Crippen LogP contribution in [0.25, 0.3) is 0 Å². The Morgan fingerprint density at radius 3 is 3.00 bits per heavy atom. The van der Waals surface area contributed by atoms with Gasteiger partial charge >= 0.3 is 0 Å². The fourth-order valence-electron chi connectivity index (χ4n) is 1.00. The van der Waals surface area contributed by atoms with Gasteiger partial charge in [-0.25, -0.2) is 4.98 Å². The average Bonchev–Trinajstić information content (AvgIpc) is 2.43. The molecule has 0 bridgehead atoms. The third-order valence-corrected chi connectivity index (χ3v) is 2.21. The highest BCUT2D eigenvalue weighted by Gasteiger charge is 2.03. The number of hydrogen-bond donors (Lipinski definition) is 2. The number of carbonyl (C=O) groups excluding carboxylic acids is 1. The number of primary amides is 1. The van der Waals surface area contributed by atoms with Crippen LogP contribution in [0.2, 0.25) is 5.15 Å². The topological polar surface area (TPSA) is 72.9 Å². The SMILES string of the molecule is Cn1c(Cl)cnc1CNCCC(N)=O. The molecule has 0 aromatic carbocycles. The van der Waals surface area contributed by atoms with Gasteiger partial charge in [-0.3, -0.25) is 4.79 Å². The Kier molecular flexibility index (Phi) is 3.91. The summed E-state index contributed by atoms with van der Waals surface area (Å²) in [6, 6.07) is 0. The zero-order valence-electron chi connectivity index (χ0n) is 7.96. The Morgan fingerprint density at radius 2 is 2.50 bits per heavy atom. The van der Waals surface area contributed by atoms with Crippen molar-refractivity contribution in [3.63, 3.8) is 0 Å². The predicted octanol–water partition coefficient (Wildman–Crippen LogP) is 0.0385. The zero-order chi connectivity index (χ0) is 10.6. The van der Waals surface area contributed by atoms with Gasteiger partial charge in [-0.15, -0.1) is 0 Å². The van der Waals surface area contributed by atoms with Gasteiger partial charge in [0.05, 0.1) is 12.7 Å². The van der Waals surface area contributed by atoms with Gasteiger partial charge in [0, 0.05) is 20.0 Å². The van der Waals surface area contributed by atoms with Gasteiger partial charge in [-0.1, -0.05) is 11.6 Å². The molecule has 1 aromatic rings. The van der Waals surface area contributed by atoms with E-state index >= 15 is 0 Å². The standard InChI is InChI=1S/C8H13ClN4O/c1-13-6(9)4-12-8(13)5-11-3-2-7(10)14/h4,11H,2-3,5H2,1H3,(H2,10,14). The molecule has 1 aromatic heterocycles. The molecule has 1 amide bonds. The predicted molar refractivity (Wildman–Crippen MR) is 53.7 cm³/mol. The van der Waals surface area contributed by atoms with E-state index in [1.807, 2.05) is 7.05 Å². The Hall–Kier alpha value is -1.07. The van der Waals surface area contributed by atoms with E-state index in [1.165, 1.54) is 0 Å². The van der Waals surface area contributed by atoms with Gasteiger partial charge in [0.1, 0.15) is 11.0 Å². The first-order chi connectivity index (χ1) is 6.61. The summed E-state index contributed by atoms with van der Waals surface area (Å²) in [5.74, 6) is 0.523. The van der Waals surface area contributed by atoms with Crippen LogP contribution >= 0.6 is 11.6 Å². The number of hydrogen-bond acceptors (Lipinski definition) is 3. The van der Waals surface area contributed by atoms with Crippen LogP contribution in [0, 0.1) is 0 Å². The van der Waals surface area contributed by atoms with E-state index in [-0.39, 0.29) is 5.91 Å². The molecular formula is C8H13ClN4O. The third kappa shape index (κ3) is 3.01. The number of halogens is 1. The molecule has 0 aliphatic rings. The maximum absolute atomic E-state index is 10.4. The van der Waals surface area contributed by atoms with E-state index < -0.39 is 0 Å². The quantitative estimate of drug-likeness (QED) is 0.683. The summed E-state index contributed by atoms with van der Waals surface area (Å²) in [4.78, 5) is 14.5. The van der Waals surface area contributed by atoms with Crippen LogP contribution in [-0.4, -0.2) is 22.0 Å². The zero-order valence-corrected chi connectivity index (χ0v) is 8.71. The fourth-order valence-corrected chi connectivity index (χ4v) is 1.15. The van der Waals surface area contributed by atoms with E-state index in [0.717, 1.165) is 5.82 Å². The molecule has 1 rings (SSSR count). The number of carbonyl (C=O) groups is 1. The first-order valence-electron chi connectivity index (χ1n) is 4.26. The van der Waals surface area contributed by atoms with Crippen molar-refractivity contribution in [3.05, 3.63) is 17.2 Å². The lowest BCUT2D eigenvalue weighted by Crippen LogP contribution is -2.22. The molecule has 0 fully saturated rings. The Bertz CT molecular complexity index is 323.